The lowest BCUT2D eigenvalue weighted by Gasteiger charge is -2.22. The fraction of sp³-hybridized carbons (Fsp3) is 0.150. The summed E-state index contributed by atoms with van der Waals surface area (Å²) in [5.74, 6) is -0.356. The summed E-state index contributed by atoms with van der Waals surface area (Å²) in [7, 11) is 0. The number of rotatable bonds is 8. The lowest BCUT2D eigenvalue weighted by Crippen LogP contribution is -2.18. The van der Waals surface area contributed by atoms with Crippen molar-refractivity contribution in [2.24, 2.45) is 0 Å². The molecule has 0 saturated carbocycles. The molecule has 1 amide bonds. The highest BCUT2D eigenvalue weighted by molar-refractivity contribution is 7.97. The van der Waals surface area contributed by atoms with E-state index in [1.807, 2.05) is 4.90 Å². The second kappa shape index (κ2) is 10.4. The highest BCUT2D eigenvalue weighted by Gasteiger charge is 2.21. The molecule has 0 fully saturated rings. The van der Waals surface area contributed by atoms with Crippen LogP contribution < -0.4 is 14.4 Å². The molecule has 0 aliphatic carbocycles. The smallest absolute Gasteiger partial charge is 0.387 e. The molecule has 1 heterocycles. The van der Waals surface area contributed by atoms with Gasteiger partial charge in [-0.1, -0.05) is 47.0 Å². The molecule has 6 nitrogen and oxygen atoms in total. The summed E-state index contributed by atoms with van der Waals surface area (Å²) < 4.78 is 32.0. The van der Waals surface area contributed by atoms with Crippen LogP contribution >= 0.6 is 34.9 Å². The van der Waals surface area contributed by atoms with E-state index in [0.29, 0.717) is 22.9 Å². The van der Waals surface area contributed by atoms with Gasteiger partial charge >= 0.3 is 6.61 Å². The predicted molar refractivity (Wildman–Crippen MR) is 118 cm³/mol. The maximum atomic E-state index is 12.4. The van der Waals surface area contributed by atoms with Gasteiger partial charge in [-0.2, -0.15) is 14.0 Å². The first-order valence-electron chi connectivity index (χ1n) is 8.72. The molecule has 11 heteroatoms. The number of hydrogen-bond acceptors (Lipinski definition) is 7. The van der Waals surface area contributed by atoms with Crippen molar-refractivity contribution >= 4 is 51.6 Å². The number of amides is 1. The number of nitrogens with zero attached hydrogens (tertiary/aromatic N) is 3. The summed E-state index contributed by atoms with van der Waals surface area (Å²) in [4.78, 5) is 18.4. The highest BCUT2D eigenvalue weighted by Crippen LogP contribution is 2.36. The third-order valence-corrected chi connectivity index (χ3v) is 5.68. The van der Waals surface area contributed by atoms with Crippen molar-refractivity contribution in [3.05, 3.63) is 69.7 Å². The second-order valence-electron chi connectivity index (χ2n) is 6.02. The minimum absolute atomic E-state index is 0.0528. The van der Waals surface area contributed by atoms with Crippen LogP contribution in [0.2, 0.25) is 4.34 Å². The van der Waals surface area contributed by atoms with E-state index in [-0.39, 0.29) is 15.8 Å². The zero-order chi connectivity index (χ0) is 22.4. The van der Waals surface area contributed by atoms with Crippen molar-refractivity contribution in [1.29, 1.82) is 5.26 Å². The Kier molecular flexibility index (Phi) is 7.68. The van der Waals surface area contributed by atoms with E-state index >= 15 is 0 Å². The number of carbonyl (C=O) groups is 1. The minimum atomic E-state index is -2.90. The minimum Gasteiger partial charge on any atom is -0.435 e. The number of hydrogen-bond donors (Lipinski definition) is 1. The van der Waals surface area contributed by atoms with Crippen molar-refractivity contribution in [2.75, 3.05) is 11.2 Å². The largest absolute Gasteiger partial charge is 0.435 e. The number of carbonyl (C=O) groups excluding carboxylic acids is 1. The molecule has 0 unspecified atom stereocenters. The first-order valence-corrected chi connectivity index (χ1v) is 11.1. The normalized spacial score (nSPS) is 10.6. The molecule has 160 valence electrons. The van der Waals surface area contributed by atoms with Crippen LogP contribution in [0.5, 0.6) is 5.75 Å². The van der Waals surface area contributed by atoms with Gasteiger partial charge in [-0.05, 0) is 42.0 Å². The lowest BCUT2D eigenvalue weighted by molar-refractivity contribution is -0.0498. The van der Waals surface area contributed by atoms with E-state index in [2.05, 4.69) is 20.5 Å². The van der Waals surface area contributed by atoms with E-state index in [4.69, 9.17) is 16.9 Å². The van der Waals surface area contributed by atoms with Crippen LogP contribution in [-0.4, -0.2) is 23.8 Å². The van der Waals surface area contributed by atoms with Gasteiger partial charge in [0.1, 0.15) is 10.1 Å². The Bertz CT molecular complexity index is 1090. The molecule has 0 aliphatic rings. The summed E-state index contributed by atoms with van der Waals surface area (Å²) in [6, 6.07) is 15.1. The van der Waals surface area contributed by atoms with Crippen LogP contribution in [0.15, 0.2) is 48.5 Å². The molecule has 0 radical (unpaired) electrons. The van der Waals surface area contributed by atoms with E-state index in [9.17, 15) is 13.6 Å². The molecular formula is C20H15ClF2N4O2S2. The van der Waals surface area contributed by atoms with E-state index in [1.54, 1.807) is 42.7 Å². The van der Waals surface area contributed by atoms with Gasteiger partial charge in [0, 0.05) is 11.9 Å². The van der Waals surface area contributed by atoms with Gasteiger partial charge in [-0.15, -0.1) is 0 Å². The first-order chi connectivity index (χ1) is 14.9. The molecule has 2 aromatic carbocycles. The Morgan fingerprint density at radius 1 is 1.29 bits per heavy atom. The molecule has 0 spiro atoms. The number of nitrogens with one attached hydrogen (secondary N) is 1. The van der Waals surface area contributed by atoms with Crippen LogP contribution in [0.25, 0.3) is 0 Å². The molecule has 31 heavy (non-hydrogen) atoms. The lowest BCUT2D eigenvalue weighted by atomic mass is 10.1. The molecule has 0 atom stereocenters. The van der Waals surface area contributed by atoms with Crippen LogP contribution in [0.1, 0.15) is 21.6 Å². The van der Waals surface area contributed by atoms with Crippen molar-refractivity contribution in [3.8, 4) is 11.8 Å². The van der Waals surface area contributed by atoms with Gasteiger partial charge in [0.25, 0.3) is 5.91 Å². The fourth-order valence-corrected chi connectivity index (χ4v) is 4.06. The Labute approximate surface area is 190 Å². The van der Waals surface area contributed by atoms with Gasteiger partial charge in [-0.3, -0.25) is 9.52 Å². The van der Waals surface area contributed by atoms with E-state index in [1.165, 1.54) is 12.1 Å². The summed E-state index contributed by atoms with van der Waals surface area (Å²) in [6.07, 6.45) is 1.71. The number of halogens is 3. The number of benzene rings is 2. The zero-order valence-electron chi connectivity index (χ0n) is 16.0. The maximum Gasteiger partial charge on any atom is 0.387 e. The van der Waals surface area contributed by atoms with Crippen LogP contribution in [0.4, 0.5) is 19.6 Å². The average molecular weight is 481 g/mol. The predicted octanol–water partition coefficient (Wildman–Crippen LogP) is 5.62. The monoisotopic (exact) mass is 480 g/mol. The van der Waals surface area contributed by atoms with Crippen LogP contribution in [-0.2, 0) is 6.54 Å². The molecule has 1 aromatic heterocycles. The Balaban J connectivity index is 1.94. The molecule has 1 N–H and O–H groups in total. The Morgan fingerprint density at radius 3 is 2.55 bits per heavy atom. The Hall–Kier alpha value is -2.87. The zero-order valence-corrected chi connectivity index (χ0v) is 18.4. The third-order valence-electron chi connectivity index (χ3n) is 4.01. The number of aromatic nitrogens is 1. The van der Waals surface area contributed by atoms with Gasteiger partial charge in [-0.25, -0.2) is 4.98 Å². The summed E-state index contributed by atoms with van der Waals surface area (Å²) in [5, 5.41) is 9.52. The summed E-state index contributed by atoms with van der Waals surface area (Å²) in [6.45, 7) is -2.59. The molecule has 3 rings (SSSR count). The molecule has 0 bridgehead atoms. The summed E-state index contributed by atoms with van der Waals surface area (Å²) in [5.41, 5.74) is 2.10. The third kappa shape index (κ3) is 5.85. The van der Waals surface area contributed by atoms with Gasteiger partial charge in [0.15, 0.2) is 10.8 Å². The van der Waals surface area contributed by atoms with Crippen LogP contribution in [0, 0.1) is 11.3 Å². The van der Waals surface area contributed by atoms with Gasteiger partial charge in [0.2, 0.25) is 0 Å². The fourth-order valence-electron chi connectivity index (χ4n) is 2.63. The number of anilines is 2. The standard InChI is InChI=1S/C20H15ClF2N4O2S2/c1-30-26-18(28)16-17(21)31-20(25-16)27(14-6-2-12(10-24)3-7-14)11-13-4-8-15(9-5-13)29-19(22)23/h2-9,19H,11H2,1H3,(H,26,28). The number of ether oxygens (including phenoxy) is 1. The van der Waals surface area contributed by atoms with Gasteiger partial charge in [0.05, 0.1) is 18.2 Å². The van der Waals surface area contributed by atoms with Gasteiger partial charge < -0.3 is 9.64 Å². The quantitative estimate of drug-likeness (QED) is 0.422. The second-order valence-corrected chi connectivity index (χ2v) is 8.21. The Morgan fingerprint density at radius 2 is 1.97 bits per heavy atom. The van der Waals surface area contributed by atoms with Crippen molar-refractivity contribution in [3.63, 3.8) is 0 Å². The van der Waals surface area contributed by atoms with Crippen molar-refractivity contribution in [1.82, 2.24) is 9.71 Å². The van der Waals surface area contributed by atoms with Crippen molar-refractivity contribution < 1.29 is 18.3 Å². The van der Waals surface area contributed by atoms with Crippen molar-refractivity contribution in [2.45, 2.75) is 13.2 Å². The SMILES string of the molecule is CSNC(=O)c1nc(N(Cc2ccc(OC(F)F)cc2)c2ccc(C#N)cc2)sc1Cl. The molecular weight excluding hydrogens is 466 g/mol. The average Bonchev–Trinajstić information content (AvgIpc) is 3.14. The van der Waals surface area contributed by atoms with E-state index < -0.39 is 12.5 Å². The number of thiazole rings is 1. The molecule has 0 aliphatic heterocycles. The number of alkyl halides is 2. The molecule has 0 saturated heterocycles. The summed E-state index contributed by atoms with van der Waals surface area (Å²) >= 11 is 8.53. The van der Waals surface area contributed by atoms with E-state index in [0.717, 1.165) is 28.8 Å². The molecule has 3 aromatic rings. The highest BCUT2D eigenvalue weighted by atomic mass is 35.5. The topological polar surface area (TPSA) is 78.2 Å². The maximum absolute atomic E-state index is 12.4. The number of nitriles is 1. The first kappa shape index (κ1) is 22.8. The van der Waals surface area contributed by atoms with Crippen LogP contribution in [0.3, 0.4) is 0 Å².